The summed E-state index contributed by atoms with van der Waals surface area (Å²) < 4.78 is 25.7. The van der Waals surface area contributed by atoms with Crippen molar-refractivity contribution in [1.82, 2.24) is 9.97 Å². The summed E-state index contributed by atoms with van der Waals surface area (Å²) in [5.74, 6) is -0.408. The first kappa shape index (κ1) is 11.8. The van der Waals surface area contributed by atoms with Gasteiger partial charge in [-0.3, -0.25) is 0 Å². The van der Waals surface area contributed by atoms with Crippen LogP contribution in [0.15, 0.2) is 46.9 Å². The van der Waals surface area contributed by atoms with Crippen LogP contribution >= 0.6 is 0 Å². The standard InChI is InChI=1S/C13H10F2N4/c14-9-3-1-8(2-4-9)12-11(7-18-19-12)13-16-5-10(15)6-17-13/h1-6,11-12H,7H2. The quantitative estimate of drug-likeness (QED) is 0.833. The molecular formula is C13H10F2N4. The predicted octanol–water partition coefficient (Wildman–Crippen LogP) is 3.05. The highest BCUT2D eigenvalue weighted by atomic mass is 19.1. The Bertz CT molecular complexity index is 595. The van der Waals surface area contributed by atoms with Crippen LogP contribution in [-0.2, 0) is 0 Å². The maximum atomic E-state index is 12.9. The first-order valence-corrected chi connectivity index (χ1v) is 5.83. The molecule has 4 nitrogen and oxygen atoms in total. The van der Waals surface area contributed by atoms with Crippen LogP contribution in [0.4, 0.5) is 8.78 Å². The molecule has 1 aromatic carbocycles. The molecule has 6 heteroatoms. The van der Waals surface area contributed by atoms with E-state index in [2.05, 4.69) is 20.2 Å². The maximum absolute atomic E-state index is 12.9. The van der Waals surface area contributed by atoms with Gasteiger partial charge in [0.25, 0.3) is 0 Å². The van der Waals surface area contributed by atoms with Crippen molar-refractivity contribution in [2.75, 3.05) is 6.54 Å². The third kappa shape index (κ3) is 2.33. The number of nitrogens with zero attached hydrogens (tertiary/aromatic N) is 4. The Morgan fingerprint density at radius 1 is 0.947 bits per heavy atom. The summed E-state index contributed by atoms with van der Waals surface area (Å²) in [4.78, 5) is 7.95. The average molecular weight is 260 g/mol. The SMILES string of the molecule is Fc1ccc(C2N=NCC2c2ncc(F)cn2)cc1. The zero-order valence-electron chi connectivity index (χ0n) is 9.87. The van der Waals surface area contributed by atoms with Crippen LogP contribution in [0.3, 0.4) is 0 Å². The van der Waals surface area contributed by atoms with E-state index < -0.39 is 5.82 Å². The summed E-state index contributed by atoms with van der Waals surface area (Å²) in [7, 11) is 0. The van der Waals surface area contributed by atoms with Crippen LogP contribution in [0, 0.1) is 11.6 Å². The van der Waals surface area contributed by atoms with Crippen molar-refractivity contribution >= 4 is 0 Å². The van der Waals surface area contributed by atoms with E-state index in [9.17, 15) is 8.78 Å². The second kappa shape index (κ2) is 4.79. The molecule has 1 aliphatic rings. The lowest BCUT2D eigenvalue weighted by Crippen LogP contribution is -2.11. The van der Waals surface area contributed by atoms with E-state index in [-0.39, 0.29) is 17.8 Å². The Labute approximate surface area is 108 Å². The third-order valence-corrected chi connectivity index (χ3v) is 3.05. The lowest BCUT2D eigenvalue weighted by atomic mass is 9.94. The molecular weight excluding hydrogens is 250 g/mol. The van der Waals surface area contributed by atoms with Crippen molar-refractivity contribution < 1.29 is 8.78 Å². The number of hydrogen-bond acceptors (Lipinski definition) is 4. The van der Waals surface area contributed by atoms with Gasteiger partial charge in [0.2, 0.25) is 0 Å². The largest absolute Gasteiger partial charge is 0.238 e. The van der Waals surface area contributed by atoms with Crippen molar-refractivity contribution in [3.05, 3.63) is 59.7 Å². The van der Waals surface area contributed by atoms with Crippen LogP contribution in [0.2, 0.25) is 0 Å². The van der Waals surface area contributed by atoms with Crippen LogP contribution in [0.5, 0.6) is 0 Å². The topological polar surface area (TPSA) is 50.5 Å². The van der Waals surface area contributed by atoms with E-state index in [1.807, 2.05) is 0 Å². The Kier molecular flexibility index (Phi) is 2.98. The van der Waals surface area contributed by atoms with Crippen molar-refractivity contribution in [2.45, 2.75) is 12.0 Å². The van der Waals surface area contributed by atoms with E-state index in [0.29, 0.717) is 12.4 Å². The number of halogens is 2. The highest BCUT2D eigenvalue weighted by Gasteiger charge is 2.31. The van der Waals surface area contributed by atoms with Crippen molar-refractivity contribution in [3.63, 3.8) is 0 Å². The van der Waals surface area contributed by atoms with Crippen molar-refractivity contribution in [1.29, 1.82) is 0 Å². The number of azo groups is 1. The van der Waals surface area contributed by atoms with Crippen molar-refractivity contribution in [3.8, 4) is 0 Å². The maximum Gasteiger partial charge on any atom is 0.159 e. The Morgan fingerprint density at radius 2 is 1.63 bits per heavy atom. The molecule has 19 heavy (non-hydrogen) atoms. The summed E-state index contributed by atoms with van der Waals surface area (Å²) in [5, 5.41) is 8.15. The number of benzene rings is 1. The summed E-state index contributed by atoms with van der Waals surface area (Å²) >= 11 is 0. The van der Waals surface area contributed by atoms with E-state index in [1.165, 1.54) is 12.1 Å². The molecule has 2 heterocycles. The minimum Gasteiger partial charge on any atom is -0.238 e. The van der Waals surface area contributed by atoms with E-state index in [1.54, 1.807) is 12.1 Å². The molecule has 3 rings (SSSR count). The van der Waals surface area contributed by atoms with Crippen molar-refractivity contribution in [2.24, 2.45) is 10.2 Å². The second-order valence-electron chi connectivity index (χ2n) is 4.30. The molecule has 0 N–H and O–H groups in total. The smallest absolute Gasteiger partial charge is 0.159 e. The normalized spacial score (nSPS) is 21.8. The highest BCUT2D eigenvalue weighted by Crippen LogP contribution is 2.37. The Hall–Kier alpha value is -2.24. The molecule has 96 valence electrons. The van der Waals surface area contributed by atoms with Crippen LogP contribution in [-0.4, -0.2) is 16.5 Å². The average Bonchev–Trinajstić information content (AvgIpc) is 2.90. The number of hydrogen-bond donors (Lipinski definition) is 0. The van der Waals surface area contributed by atoms with E-state index in [0.717, 1.165) is 18.0 Å². The van der Waals surface area contributed by atoms with Gasteiger partial charge in [-0.2, -0.15) is 10.2 Å². The summed E-state index contributed by atoms with van der Waals surface area (Å²) in [5.41, 5.74) is 0.848. The Morgan fingerprint density at radius 3 is 2.32 bits per heavy atom. The molecule has 0 radical (unpaired) electrons. The number of aromatic nitrogens is 2. The molecule has 1 aliphatic heterocycles. The molecule has 2 aromatic rings. The molecule has 0 amide bonds. The first-order valence-electron chi connectivity index (χ1n) is 5.83. The molecule has 2 atom stereocenters. The molecule has 0 saturated heterocycles. The number of rotatable bonds is 2. The first-order chi connectivity index (χ1) is 9.24. The lowest BCUT2D eigenvalue weighted by molar-refractivity contribution is 0.570. The fourth-order valence-corrected chi connectivity index (χ4v) is 2.10. The summed E-state index contributed by atoms with van der Waals surface area (Å²) in [6.45, 7) is 0.452. The zero-order chi connectivity index (χ0) is 13.2. The summed E-state index contributed by atoms with van der Waals surface area (Å²) in [6.07, 6.45) is 2.25. The second-order valence-corrected chi connectivity index (χ2v) is 4.30. The minimum atomic E-state index is -0.478. The minimum absolute atomic E-state index is 0.133. The van der Waals surface area contributed by atoms with E-state index >= 15 is 0 Å². The zero-order valence-corrected chi connectivity index (χ0v) is 9.87. The van der Waals surface area contributed by atoms with Crippen LogP contribution < -0.4 is 0 Å². The van der Waals surface area contributed by atoms with E-state index in [4.69, 9.17) is 0 Å². The molecule has 0 bridgehead atoms. The Balaban J connectivity index is 1.90. The van der Waals surface area contributed by atoms with Gasteiger partial charge in [-0.1, -0.05) is 12.1 Å². The monoisotopic (exact) mass is 260 g/mol. The van der Waals surface area contributed by atoms with Crippen LogP contribution in [0.1, 0.15) is 23.3 Å². The van der Waals surface area contributed by atoms with Gasteiger partial charge in [-0.05, 0) is 17.7 Å². The van der Waals surface area contributed by atoms with Gasteiger partial charge >= 0.3 is 0 Å². The predicted molar refractivity (Wildman–Crippen MR) is 63.6 cm³/mol. The molecule has 0 aliphatic carbocycles. The van der Waals surface area contributed by atoms with Gasteiger partial charge in [0.05, 0.1) is 24.9 Å². The van der Waals surface area contributed by atoms with Gasteiger partial charge in [-0.15, -0.1) is 0 Å². The summed E-state index contributed by atoms with van der Waals surface area (Å²) in [6, 6.07) is 5.85. The molecule has 0 fully saturated rings. The lowest BCUT2D eigenvalue weighted by Gasteiger charge is -2.15. The third-order valence-electron chi connectivity index (χ3n) is 3.05. The van der Waals surface area contributed by atoms with Gasteiger partial charge in [0, 0.05) is 0 Å². The molecule has 0 saturated carbocycles. The molecule has 1 aromatic heterocycles. The van der Waals surface area contributed by atoms with Gasteiger partial charge < -0.3 is 0 Å². The molecule has 2 unspecified atom stereocenters. The fraction of sp³-hybridized carbons (Fsp3) is 0.231. The van der Waals surface area contributed by atoms with Gasteiger partial charge in [0.1, 0.15) is 17.7 Å². The highest BCUT2D eigenvalue weighted by molar-refractivity contribution is 5.24. The van der Waals surface area contributed by atoms with Crippen LogP contribution in [0.25, 0.3) is 0 Å². The van der Waals surface area contributed by atoms with Gasteiger partial charge in [-0.25, -0.2) is 18.7 Å². The fourth-order valence-electron chi connectivity index (χ4n) is 2.10. The van der Waals surface area contributed by atoms with Gasteiger partial charge in [0.15, 0.2) is 5.82 Å². The molecule has 0 spiro atoms.